The molecule has 0 fully saturated rings. The number of nitrogens with zero attached hydrogens (tertiary/aromatic N) is 1. The molecule has 72 valence electrons. The topological polar surface area (TPSA) is 54.5 Å². The maximum atomic E-state index is 11.0. The zero-order chi connectivity index (χ0) is 9.78. The van der Waals surface area contributed by atoms with Gasteiger partial charge in [-0.2, -0.15) is 0 Å². The summed E-state index contributed by atoms with van der Waals surface area (Å²) >= 11 is 0. The van der Waals surface area contributed by atoms with Gasteiger partial charge in [-0.05, 0) is 6.42 Å². The minimum absolute atomic E-state index is 0.296. The fraction of sp³-hybridized carbons (Fsp3) is 0.857. The molecule has 0 saturated carbocycles. The van der Waals surface area contributed by atoms with Crippen LogP contribution in [0.15, 0.2) is 0 Å². The van der Waals surface area contributed by atoms with Gasteiger partial charge in [0.15, 0.2) is 0 Å². The summed E-state index contributed by atoms with van der Waals surface area (Å²) in [5.74, 6) is -0.411. The Morgan fingerprint density at radius 1 is 1.42 bits per heavy atom. The number of rotatable bonds is 4. The van der Waals surface area contributed by atoms with E-state index in [9.17, 15) is 13.2 Å². The highest BCUT2D eigenvalue weighted by Gasteiger charge is 2.17. The van der Waals surface area contributed by atoms with Crippen molar-refractivity contribution in [2.24, 2.45) is 0 Å². The van der Waals surface area contributed by atoms with E-state index in [1.165, 1.54) is 6.92 Å². The van der Waals surface area contributed by atoms with Crippen molar-refractivity contribution in [3.63, 3.8) is 0 Å². The minimum Gasteiger partial charge on any atom is -0.274 e. The van der Waals surface area contributed by atoms with E-state index < -0.39 is 15.9 Å². The molecule has 0 aromatic rings. The molecule has 0 rings (SSSR count). The van der Waals surface area contributed by atoms with Crippen molar-refractivity contribution < 1.29 is 13.2 Å². The van der Waals surface area contributed by atoms with Crippen molar-refractivity contribution in [3.05, 3.63) is 0 Å². The summed E-state index contributed by atoms with van der Waals surface area (Å²) in [6, 6.07) is 0. The summed E-state index contributed by atoms with van der Waals surface area (Å²) in [5, 5.41) is 0. The molecule has 0 aliphatic heterocycles. The van der Waals surface area contributed by atoms with Gasteiger partial charge in [-0.15, -0.1) is 0 Å². The molecular formula is C7H15NO3S. The van der Waals surface area contributed by atoms with Gasteiger partial charge in [0.1, 0.15) is 0 Å². The van der Waals surface area contributed by atoms with Gasteiger partial charge in [0.25, 0.3) is 0 Å². The van der Waals surface area contributed by atoms with Gasteiger partial charge < -0.3 is 0 Å². The third-order valence-electron chi connectivity index (χ3n) is 1.47. The fourth-order valence-electron chi connectivity index (χ4n) is 0.859. The molecular weight excluding hydrogens is 178 g/mol. The van der Waals surface area contributed by atoms with E-state index in [1.807, 2.05) is 6.92 Å². The first-order valence-electron chi connectivity index (χ1n) is 3.88. The summed E-state index contributed by atoms with van der Waals surface area (Å²) in [7, 11) is -3.35. The quantitative estimate of drug-likeness (QED) is 0.656. The highest BCUT2D eigenvalue weighted by Crippen LogP contribution is 2.01. The van der Waals surface area contributed by atoms with E-state index in [2.05, 4.69) is 0 Å². The van der Waals surface area contributed by atoms with Gasteiger partial charge in [0.05, 0.1) is 6.26 Å². The van der Waals surface area contributed by atoms with Crippen molar-refractivity contribution >= 4 is 15.9 Å². The number of hydrogen-bond donors (Lipinski definition) is 0. The Morgan fingerprint density at radius 3 is 2.17 bits per heavy atom. The van der Waals surface area contributed by atoms with Crippen LogP contribution in [0, 0.1) is 0 Å². The number of carbonyl (C=O) groups excluding carboxylic acids is 1. The molecule has 0 aromatic heterocycles. The first kappa shape index (κ1) is 11.4. The number of sulfonamides is 1. The van der Waals surface area contributed by atoms with Crippen LogP contribution in [0.4, 0.5) is 0 Å². The van der Waals surface area contributed by atoms with Crippen molar-refractivity contribution in [2.45, 2.75) is 26.7 Å². The van der Waals surface area contributed by atoms with E-state index in [1.54, 1.807) is 0 Å². The van der Waals surface area contributed by atoms with Gasteiger partial charge >= 0.3 is 0 Å². The van der Waals surface area contributed by atoms with Crippen molar-refractivity contribution in [3.8, 4) is 0 Å². The first-order valence-corrected chi connectivity index (χ1v) is 5.72. The predicted molar refractivity (Wildman–Crippen MR) is 47.1 cm³/mol. The molecule has 0 aromatic carbocycles. The molecule has 0 aliphatic rings. The first-order chi connectivity index (χ1) is 5.39. The largest absolute Gasteiger partial charge is 0.274 e. The van der Waals surface area contributed by atoms with Crippen LogP contribution in [0.3, 0.4) is 0 Å². The summed E-state index contributed by atoms with van der Waals surface area (Å²) in [5.41, 5.74) is 0. The third-order valence-corrected chi connectivity index (χ3v) is 2.71. The van der Waals surface area contributed by atoms with Crippen molar-refractivity contribution in [2.75, 3.05) is 12.8 Å². The third kappa shape index (κ3) is 3.71. The second kappa shape index (κ2) is 4.45. The Morgan fingerprint density at radius 2 is 1.92 bits per heavy atom. The molecule has 0 heterocycles. The maximum Gasteiger partial charge on any atom is 0.234 e. The van der Waals surface area contributed by atoms with Crippen molar-refractivity contribution in [1.29, 1.82) is 0 Å². The molecule has 4 nitrogen and oxygen atoms in total. The van der Waals surface area contributed by atoms with Crippen LogP contribution in [0.5, 0.6) is 0 Å². The Bertz CT molecular complexity index is 245. The Kier molecular flexibility index (Phi) is 4.23. The van der Waals surface area contributed by atoms with Crippen LogP contribution >= 0.6 is 0 Å². The van der Waals surface area contributed by atoms with Gasteiger partial charge in [-0.1, -0.05) is 13.3 Å². The molecule has 0 bridgehead atoms. The van der Waals surface area contributed by atoms with Gasteiger partial charge in [0.2, 0.25) is 15.9 Å². The molecule has 5 heteroatoms. The zero-order valence-electron chi connectivity index (χ0n) is 7.70. The second-order valence-electron chi connectivity index (χ2n) is 2.71. The number of unbranched alkanes of at least 4 members (excludes halogenated alkanes) is 1. The minimum atomic E-state index is -3.35. The lowest BCUT2D eigenvalue weighted by Gasteiger charge is -2.17. The molecule has 0 atom stereocenters. The average molecular weight is 193 g/mol. The Balaban J connectivity index is 4.36. The Labute approximate surface area is 73.6 Å². The van der Waals surface area contributed by atoms with Gasteiger partial charge in [-0.25, -0.2) is 12.7 Å². The highest BCUT2D eigenvalue weighted by molar-refractivity contribution is 7.88. The van der Waals surface area contributed by atoms with Crippen LogP contribution in [0.25, 0.3) is 0 Å². The molecule has 0 aliphatic carbocycles. The molecule has 0 radical (unpaired) electrons. The predicted octanol–water partition coefficient (Wildman–Crippen LogP) is 0.595. The van der Waals surface area contributed by atoms with Crippen LogP contribution in [-0.4, -0.2) is 31.4 Å². The van der Waals surface area contributed by atoms with Crippen LogP contribution in [-0.2, 0) is 14.8 Å². The lowest BCUT2D eigenvalue weighted by atomic mass is 10.3. The molecule has 0 unspecified atom stereocenters. The van der Waals surface area contributed by atoms with E-state index >= 15 is 0 Å². The smallest absolute Gasteiger partial charge is 0.234 e. The van der Waals surface area contributed by atoms with Gasteiger partial charge in [0, 0.05) is 13.5 Å². The van der Waals surface area contributed by atoms with Crippen LogP contribution in [0.1, 0.15) is 26.7 Å². The molecule has 0 spiro atoms. The van der Waals surface area contributed by atoms with E-state index in [0.717, 1.165) is 17.0 Å². The van der Waals surface area contributed by atoms with E-state index in [0.29, 0.717) is 13.0 Å². The van der Waals surface area contributed by atoms with Crippen LogP contribution in [0.2, 0.25) is 0 Å². The fourth-order valence-corrected chi connectivity index (χ4v) is 1.79. The standard InChI is InChI=1S/C7H15NO3S/c1-4-5-6-8(7(2)9)12(3,10)11/h4-6H2,1-3H3. The summed E-state index contributed by atoms with van der Waals surface area (Å²) in [6.07, 6.45) is 2.63. The SMILES string of the molecule is CCCCN(C(C)=O)S(C)(=O)=O. The van der Waals surface area contributed by atoms with E-state index in [-0.39, 0.29) is 0 Å². The number of amides is 1. The normalized spacial score (nSPS) is 11.2. The van der Waals surface area contributed by atoms with E-state index in [4.69, 9.17) is 0 Å². The summed E-state index contributed by atoms with van der Waals surface area (Å²) < 4.78 is 22.9. The molecule has 0 saturated heterocycles. The maximum absolute atomic E-state index is 11.0. The lowest BCUT2D eigenvalue weighted by molar-refractivity contribution is -0.124. The zero-order valence-corrected chi connectivity index (χ0v) is 8.52. The van der Waals surface area contributed by atoms with Gasteiger partial charge in [-0.3, -0.25) is 4.79 Å². The summed E-state index contributed by atoms with van der Waals surface area (Å²) in [4.78, 5) is 10.8. The molecule has 12 heavy (non-hydrogen) atoms. The molecule has 0 N–H and O–H groups in total. The van der Waals surface area contributed by atoms with Crippen molar-refractivity contribution in [1.82, 2.24) is 4.31 Å². The lowest BCUT2D eigenvalue weighted by Crippen LogP contribution is -2.34. The number of hydrogen-bond acceptors (Lipinski definition) is 3. The highest BCUT2D eigenvalue weighted by atomic mass is 32.2. The monoisotopic (exact) mass is 193 g/mol. The summed E-state index contributed by atoms with van der Waals surface area (Å²) in [6.45, 7) is 3.50. The molecule has 1 amide bonds. The second-order valence-corrected chi connectivity index (χ2v) is 4.61. The number of carbonyl (C=O) groups is 1. The van der Waals surface area contributed by atoms with Crippen LogP contribution < -0.4 is 0 Å². The Hall–Kier alpha value is -0.580. The average Bonchev–Trinajstić information content (AvgIpc) is 1.84.